The Balaban J connectivity index is 0.00000289. The molecule has 0 bridgehead atoms. The highest BCUT2D eigenvalue weighted by atomic mass is 35.5. The lowest BCUT2D eigenvalue weighted by molar-refractivity contribution is 0.0937. The van der Waals surface area contributed by atoms with Crippen LogP contribution >= 0.6 is 35.5 Å². The second kappa shape index (κ2) is 9.67. The largest absolute Gasteiger partial charge is 0.347 e. The fraction of sp³-hybridized carbons (Fsp3) is 0.583. The molecule has 1 unspecified atom stereocenters. The van der Waals surface area contributed by atoms with Gasteiger partial charge in [-0.15, -0.1) is 35.5 Å². The van der Waals surface area contributed by atoms with E-state index in [4.69, 9.17) is 5.73 Å². The zero-order valence-electron chi connectivity index (χ0n) is 10.8. The first-order valence-corrected chi connectivity index (χ1v) is 7.95. The molecule has 1 atom stereocenters. The molecule has 0 radical (unpaired) electrons. The van der Waals surface area contributed by atoms with Crippen LogP contribution in [0.15, 0.2) is 16.3 Å². The van der Waals surface area contributed by atoms with E-state index in [1.54, 1.807) is 11.8 Å². The molecular weight excluding hydrogens is 288 g/mol. The Morgan fingerprint density at radius 1 is 1.61 bits per heavy atom. The summed E-state index contributed by atoms with van der Waals surface area (Å²) in [7, 11) is 0. The molecule has 0 spiro atoms. The van der Waals surface area contributed by atoms with Crippen LogP contribution in [-0.2, 0) is 0 Å². The number of hydrogen-bond donors (Lipinski definition) is 2. The van der Waals surface area contributed by atoms with Gasteiger partial charge in [0.1, 0.15) is 4.88 Å². The summed E-state index contributed by atoms with van der Waals surface area (Å²) in [5.41, 5.74) is 5.67. The maximum Gasteiger partial charge on any atom is 0.262 e. The lowest BCUT2D eigenvalue weighted by Gasteiger charge is -2.16. The van der Waals surface area contributed by atoms with E-state index in [2.05, 4.69) is 12.2 Å². The van der Waals surface area contributed by atoms with Crippen LogP contribution in [0, 0.1) is 0 Å². The Kier molecular flexibility index (Phi) is 9.54. The van der Waals surface area contributed by atoms with Gasteiger partial charge in [-0.05, 0) is 24.1 Å². The van der Waals surface area contributed by atoms with E-state index in [0.717, 1.165) is 29.0 Å². The Morgan fingerprint density at radius 3 is 2.89 bits per heavy atom. The average Bonchev–Trinajstić information content (AvgIpc) is 2.82. The third-order valence-electron chi connectivity index (χ3n) is 2.58. The number of rotatable bonds is 7. The predicted octanol–water partition coefficient (Wildman–Crippen LogP) is 3.14. The van der Waals surface area contributed by atoms with Crippen molar-refractivity contribution < 1.29 is 4.79 Å². The van der Waals surface area contributed by atoms with E-state index in [-0.39, 0.29) is 24.4 Å². The van der Waals surface area contributed by atoms with Gasteiger partial charge in [0.05, 0.1) is 0 Å². The number of halogens is 1. The highest BCUT2D eigenvalue weighted by Gasteiger charge is 2.16. The summed E-state index contributed by atoms with van der Waals surface area (Å²) in [6, 6.07) is 2.08. The molecule has 18 heavy (non-hydrogen) atoms. The lowest BCUT2D eigenvalue weighted by atomic mass is 10.1. The number of thiophene rings is 1. The van der Waals surface area contributed by atoms with Crippen LogP contribution in [0.4, 0.5) is 0 Å². The molecule has 0 aliphatic heterocycles. The molecule has 0 aromatic carbocycles. The first-order chi connectivity index (χ1) is 8.22. The summed E-state index contributed by atoms with van der Waals surface area (Å²) in [6.07, 6.45) is 5.17. The summed E-state index contributed by atoms with van der Waals surface area (Å²) in [4.78, 5) is 13.9. The molecule has 0 saturated carbocycles. The molecule has 104 valence electrons. The summed E-state index contributed by atoms with van der Waals surface area (Å²) in [5, 5.41) is 4.96. The van der Waals surface area contributed by atoms with Gasteiger partial charge >= 0.3 is 0 Å². The second-order valence-electron chi connectivity index (χ2n) is 3.87. The van der Waals surface area contributed by atoms with Crippen molar-refractivity contribution in [3.05, 3.63) is 16.3 Å². The van der Waals surface area contributed by atoms with E-state index in [1.807, 2.05) is 17.7 Å². The highest BCUT2D eigenvalue weighted by Crippen LogP contribution is 2.25. The number of amides is 1. The van der Waals surface area contributed by atoms with E-state index in [1.165, 1.54) is 11.3 Å². The minimum absolute atomic E-state index is 0. The lowest BCUT2D eigenvalue weighted by Crippen LogP contribution is -2.40. The molecule has 0 aliphatic carbocycles. The van der Waals surface area contributed by atoms with Crippen molar-refractivity contribution in [3.8, 4) is 0 Å². The number of nitrogens with two attached hydrogens (primary N) is 1. The Hall–Kier alpha value is -0.230. The molecule has 1 heterocycles. The van der Waals surface area contributed by atoms with E-state index in [9.17, 15) is 4.79 Å². The third kappa shape index (κ3) is 5.18. The summed E-state index contributed by atoms with van der Waals surface area (Å²) in [5.74, 6) is 0.0101. The zero-order valence-corrected chi connectivity index (χ0v) is 13.2. The van der Waals surface area contributed by atoms with Gasteiger partial charge < -0.3 is 11.1 Å². The fourth-order valence-corrected chi connectivity index (χ4v) is 3.23. The van der Waals surface area contributed by atoms with Crippen LogP contribution in [-0.4, -0.2) is 24.7 Å². The summed E-state index contributed by atoms with van der Waals surface area (Å²) < 4.78 is 0. The predicted molar refractivity (Wildman–Crippen MR) is 83.2 cm³/mol. The minimum atomic E-state index is 0. The fourth-order valence-electron chi connectivity index (χ4n) is 1.57. The van der Waals surface area contributed by atoms with Crippen molar-refractivity contribution in [2.24, 2.45) is 5.73 Å². The SMILES string of the molecule is CCCCC(CN)NC(=O)c1sccc1SC.Cl. The van der Waals surface area contributed by atoms with Gasteiger partial charge in [-0.1, -0.05) is 19.8 Å². The molecule has 0 fully saturated rings. The highest BCUT2D eigenvalue weighted by molar-refractivity contribution is 7.98. The van der Waals surface area contributed by atoms with Gasteiger partial charge in [-0.2, -0.15) is 0 Å². The number of unbranched alkanes of at least 4 members (excludes halogenated alkanes) is 1. The Bertz CT molecular complexity index is 358. The zero-order chi connectivity index (χ0) is 12.7. The van der Waals surface area contributed by atoms with Crippen molar-refractivity contribution in [2.75, 3.05) is 12.8 Å². The molecule has 1 amide bonds. The second-order valence-corrected chi connectivity index (χ2v) is 5.63. The molecule has 6 heteroatoms. The molecule has 3 N–H and O–H groups in total. The van der Waals surface area contributed by atoms with Gasteiger partial charge in [0, 0.05) is 17.5 Å². The average molecular weight is 309 g/mol. The van der Waals surface area contributed by atoms with Gasteiger partial charge in [0.15, 0.2) is 0 Å². The van der Waals surface area contributed by atoms with E-state index >= 15 is 0 Å². The number of carbonyl (C=O) groups excluding carboxylic acids is 1. The molecule has 0 aliphatic rings. The van der Waals surface area contributed by atoms with Crippen LogP contribution in [0.5, 0.6) is 0 Å². The van der Waals surface area contributed by atoms with Crippen molar-refractivity contribution in [3.63, 3.8) is 0 Å². The third-order valence-corrected chi connectivity index (χ3v) is 4.40. The smallest absolute Gasteiger partial charge is 0.262 e. The maximum absolute atomic E-state index is 12.0. The number of hydrogen-bond acceptors (Lipinski definition) is 4. The van der Waals surface area contributed by atoms with Crippen LogP contribution < -0.4 is 11.1 Å². The monoisotopic (exact) mass is 308 g/mol. The number of carbonyl (C=O) groups is 1. The van der Waals surface area contributed by atoms with Crippen molar-refractivity contribution in [2.45, 2.75) is 37.1 Å². The molecular formula is C12H21ClN2OS2. The van der Waals surface area contributed by atoms with Gasteiger partial charge in [-0.25, -0.2) is 0 Å². The van der Waals surface area contributed by atoms with E-state index in [0.29, 0.717) is 6.54 Å². The summed E-state index contributed by atoms with van der Waals surface area (Å²) in [6.45, 7) is 2.65. The standard InChI is InChI=1S/C12H20N2OS2.ClH/c1-3-4-5-9(8-13)14-12(15)11-10(16-2)6-7-17-11;/h6-7,9H,3-5,8,13H2,1-2H3,(H,14,15);1H. The Morgan fingerprint density at radius 2 is 2.33 bits per heavy atom. The number of thioether (sulfide) groups is 1. The normalized spacial score (nSPS) is 11.7. The Labute approximate surface area is 123 Å². The maximum atomic E-state index is 12.0. The van der Waals surface area contributed by atoms with Gasteiger partial charge in [0.2, 0.25) is 0 Å². The van der Waals surface area contributed by atoms with Gasteiger partial charge in [-0.3, -0.25) is 4.79 Å². The molecule has 3 nitrogen and oxygen atoms in total. The first kappa shape index (κ1) is 17.8. The summed E-state index contributed by atoms with van der Waals surface area (Å²) >= 11 is 3.09. The van der Waals surface area contributed by atoms with Crippen LogP contribution in [0.2, 0.25) is 0 Å². The quantitative estimate of drug-likeness (QED) is 0.761. The van der Waals surface area contributed by atoms with Crippen molar-refractivity contribution in [1.29, 1.82) is 0 Å². The molecule has 1 aromatic rings. The minimum Gasteiger partial charge on any atom is -0.347 e. The van der Waals surface area contributed by atoms with Crippen molar-refractivity contribution >= 4 is 41.4 Å². The number of nitrogens with one attached hydrogen (secondary N) is 1. The van der Waals surface area contributed by atoms with Crippen LogP contribution in [0.25, 0.3) is 0 Å². The molecule has 0 saturated heterocycles. The van der Waals surface area contributed by atoms with Crippen LogP contribution in [0.3, 0.4) is 0 Å². The van der Waals surface area contributed by atoms with Crippen molar-refractivity contribution in [1.82, 2.24) is 5.32 Å². The molecule has 1 aromatic heterocycles. The van der Waals surface area contributed by atoms with Crippen LogP contribution in [0.1, 0.15) is 35.9 Å². The molecule has 1 rings (SSSR count). The van der Waals surface area contributed by atoms with Gasteiger partial charge in [0.25, 0.3) is 5.91 Å². The first-order valence-electron chi connectivity index (χ1n) is 5.85. The topological polar surface area (TPSA) is 55.1 Å². The van der Waals surface area contributed by atoms with E-state index < -0.39 is 0 Å².